The topological polar surface area (TPSA) is 45.2 Å². The predicted molar refractivity (Wildman–Crippen MR) is 95.9 cm³/mol. The predicted octanol–water partition coefficient (Wildman–Crippen LogP) is 5.00. The van der Waals surface area contributed by atoms with E-state index in [-0.39, 0.29) is 5.91 Å². The van der Waals surface area contributed by atoms with E-state index in [2.05, 4.69) is 17.2 Å². The fourth-order valence-electron chi connectivity index (χ4n) is 2.09. The molecule has 0 aliphatic heterocycles. The van der Waals surface area contributed by atoms with E-state index >= 15 is 0 Å². The number of unbranched alkanes of at least 4 members (excludes halogenated alkanes) is 1. The first-order valence-electron chi connectivity index (χ1n) is 7.45. The number of amides is 1. The molecule has 0 radical (unpaired) electrons. The minimum Gasteiger partial charge on any atom is -0.342 e. The molecular formula is C17H19Cl2N3O. The van der Waals surface area contributed by atoms with Gasteiger partial charge in [-0.3, -0.25) is 4.79 Å². The first-order valence-corrected chi connectivity index (χ1v) is 8.21. The average molecular weight is 352 g/mol. The Hall–Kier alpha value is -1.78. The van der Waals surface area contributed by atoms with E-state index in [0.717, 1.165) is 19.4 Å². The second kappa shape index (κ2) is 8.18. The molecule has 0 bridgehead atoms. The fourth-order valence-corrected chi connectivity index (χ4v) is 2.59. The lowest BCUT2D eigenvalue weighted by atomic mass is 10.2. The molecule has 6 heteroatoms. The third-order valence-electron chi connectivity index (χ3n) is 3.42. The maximum Gasteiger partial charge on any atom is 0.253 e. The molecule has 0 unspecified atom stereocenters. The van der Waals surface area contributed by atoms with Gasteiger partial charge in [-0.15, -0.1) is 0 Å². The Morgan fingerprint density at radius 1 is 1.26 bits per heavy atom. The Bertz CT molecular complexity index is 671. The second-order valence-electron chi connectivity index (χ2n) is 5.23. The first-order chi connectivity index (χ1) is 11.0. The lowest BCUT2D eigenvalue weighted by molar-refractivity contribution is 0.0793. The summed E-state index contributed by atoms with van der Waals surface area (Å²) in [5.74, 6) is 0.490. The van der Waals surface area contributed by atoms with E-state index in [4.69, 9.17) is 23.2 Å². The van der Waals surface area contributed by atoms with Gasteiger partial charge in [-0.2, -0.15) is 0 Å². The van der Waals surface area contributed by atoms with Crippen molar-refractivity contribution in [1.29, 1.82) is 0 Å². The third-order valence-corrected chi connectivity index (χ3v) is 4.05. The van der Waals surface area contributed by atoms with Crippen LogP contribution in [-0.2, 0) is 0 Å². The quantitative estimate of drug-likeness (QED) is 0.795. The van der Waals surface area contributed by atoms with Crippen molar-refractivity contribution in [3.8, 4) is 0 Å². The molecule has 122 valence electrons. The number of benzene rings is 1. The van der Waals surface area contributed by atoms with Crippen LogP contribution in [0.3, 0.4) is 0 Å². The molecular weight excluding hydrogens is 333 g/mol. The number of aromatic nitrogens is 1. The number of halogens is 2. The van der Waals surface area contributed by atoms with Gasteiger partial charge in [0.25, 0.3) is 5.91 Å². The van der Waals surface area contributed by atoms with Crippen molar-refractivity contribution in [3.05, 3.63) is 52.1 Å². The fraction of sp³-hybridized carbons (Fsp3) is 0.294. The van der Waals surface area contributed by atoms with Crippen molar-refractivity contribution < 1.29 is 4.79 Å². The second-order valence-corrected chi connectivity index (χ2v) is 6.05. The maximum absolute atomic E-state index is 12.4. The summed E-state index contributed by atoms with van der Waals surface area (Å²) < 4.78 is 0. The normalized spacial score (nSPS) is 10.4. The Labute approximate surface area is 146 Å². The molecule has 0 fully saturated rings. The van der Waals surface area contributed by atoms with Crippen LogP contribution in [0.25, 0.3) is 0 Å². The van der Waals surface area contributed by atoms with Crippen LogP contribution in [0, 0.1) is 0 Å². The first kappa shape index (κ1) is 17.6. The zero-order valence-corrected chi connectivity index (χ0v) is 14.7. The minimum absolute atomic E-state index is 0.0332. The molecule has 2 aromatic rings. The van der Waals surface area contributed by atoms with Crippen molar-refractivity contribution in [2.24, 2.45) is 0 Å². The van der Waals surface area contributed by atoms with Crippen LogP contribution >= 0.6 is 23.2 Å². The van der Waals surface area contributed by atoms with Crippen LogP contribution in [0.5, 0.6) is 0 Å². The molecule has 1 aromatic carbocycles. The molecule has 0 saturated carbocycles. The standard InChI is InChI=1S/C17H19Cl2N3O/c1-3-4-10-22(2)17(23)12-8-9-20-15(11-12)21-16-13(18)6-5-7-14(16)19/h5-9,11H,3-4,10H2,1-2H3,(H,20,21). The molecule has 4 nitrogen and oxygen atoms in total. The highest BCUT2D eigenvalue weighted by Crippen LogP contribution is 2.32. The van der Waals surface area contributed by atoms with Gasteiger partial charge in [-0.1, -0.05) is 42.6 Å². The van der Waals surface area contributed by atoms with Gasteiger partial charge in [-0.05, 0) is 30.7 Å². The smallest absolute Gasteiger partial charge is 0.253 e. The SMILES string of the molecule is CCCCN(C)C(=O)c1ccnc(Nc2c(Cl)cccc2Cl)c1. The van der Waals surface area contributed by atoms with Crippen LogP contribution in [-0.4, -0.2) is 29.4 Å². The van der Waals surface area contributed by atoms with Gasteiger partial charge in [0, 0.05) is 25.4 Å². The molecule has 1 amide bonds. The molecule has 0 atom stereocenters. The van der Waals surface area contributed by atoms with Crippen molar-refractivity contribution in [3.63, 3.8) is 0 Å². The molecule has 0 saturated heterocycles. The summed E-state index contributed by atoms with van der Waals surface area (Å²) in [6.45, 7) is 2.83. The number of hydrogen-bond donors (Lipinski definition) is 1. The zero-order valence-electron chi connectivity index (χ0n) is 13.1. The number of carbonyl (C=O) groups excluding carboxylic acids is 1. The minimum atomic E-state index is -0.0332. The summed E-state index contributed by atoms with van der Waals surface area (Å²) >= 11 is 12.3. The summed E-state index contributed by atoms with van der Waals surface area (Å²) in [4.78, 5) is 18.3. The van der Waals surface area contributed by atoms with Gasteiger partial charge in [-0.25, -0.2) is 4.98 Å². The largest absolute Gasteiger partial charge is 0.342 e. The number of para-hydroxylation sites is 1. The monoisotopic (exact) mass is 351 g/mol. The van der Waals surface area contributed by atoms with Gasteiger partial charge >= 0.3 is 0 Å². The lowest BCUT2D eigenvalue weighted by Crippen LogP contribution is -2.27. The van der Waals surface area contributed by atoms with Crippen LogP contribution in [0.4, 0.5) is 11.5 Å². The van der Waals surface area contributed by atoms with Crippen molar-refractivity contribution in [1.82, 2.24) is 9.88 Å². The molecule has 1 heterocycles. The van der Waals surface area contributed by atoms with E-state index < -0.39 is 0 Å². The number of hydrogen-bond acceptors (Lipinski definition) is 3. The summed E-state index contributed by atoms with van der Waals surface area (Å²) in [6.07, 6.45) is 3.62. The highest BCUT2D eigenvalue weighted by molar-refractivity contribution is 6.39. The highest BCUT2D eigenvalue weighted by atomic mass is 35.5. The summed E-state index contributed by atoms with van der Waals surface area (Å²) in [6, 6.07) is 8.65. The van der Waals surface area contributed by atoms with E-state index in [0.29, 0.717) is 27.1 Å². The number of carbonyl (C=O) groups is 1. The Balaban J connectivity index is 2.18. The number of nitrogens with zero attached hydrogens (tertiary/aromatic N) is 2. The van der Waals surface area contributed by atoms with Crippen LogP contribution < -0.4 is 5.32 Å². The van der Waals surface area contributed by atoms with Gasteiger partial charge in [0.1, 0.15) is 5.82 Å². The lowest BCUT2D eigenvalue weighted by Gasteiger charge is -2.17. The van der Waals surface area contributed by atoms with Crippen molar-refractivity contribution in [2.75, 3.05) is 18.9 Å². The molecule has 0 aliphatic carbocycles. The van der Waals surface area contributed by atoms with Gasteiger partial charge < -0.3 is 10.2 Å². The molecule has 1 aromatic heterocycles. The molecule has 23 heavy (non-hydrogen) atoms. The molecule has 0 aliphatic rings. The van der Waals surface area contributed by atoms with Crippen LogP contribution in [0.15, 0.2) is 36.5 Å². The molecule has 2 rings (SSSR count). The molecule has 0 spiro atoms. The van der Waals surface area contributed by atoms with Crippen molar-refractivity contribution >= 4 is 40.6 Å². The number of rotatable bonds is 6. The Morgan fingerprint density at radius 3 is 2.61 bits per heavy atom. The van der Waals surface area contributed by atoms with Gasteiger partial charge in [0.2, 0.25) is 0 Å². The summed E-state index contributed by atoms with van der Waals surface area (Å²) in [5.41, 5.74) is 1.15. The number of nitrogens with one attached hydrogen (secondary N) is 1. The highest BCUT2D eigenvalue weighted by Gasteiger charge is 2.13. The summed E-state index contributed by atoms with van der Waals surface area (Å²) in [5, 5.41) is 4.06. The maximum atomic E-state index is 12.4. The van der Waals surface area contributed by atoms with Crippen LogP contribution in [0.1, 0.15) is 30.1 Å². The zero-order chi connectivity index (χ0) is 16.8. The van der Waals surface area contributed by atoms with E-state index in [1.54, 1.807) is 48.5 Å². The van der Waals surface area contributed by atoms with Gasteiger partial charge in [0.05, 0.1) is 15.7 Å². The number of anilines is 2. The van der Waals surface area contributed by atoms with E-state index in [1.807, 2.05) is 0 Å². The number of pyridine rings is 1. The molecule has 1 N–H and O–H groups in total. The van der Waals surface area contributed by atoms with E-state index in [1.165, 1.54) is 0 Å². The Kier molecular flexibility index (Phi) is 6.25. The van der Waals surface area contributed by atoms with E-state index in [9.17, 15) is 4.79 Å². The van der Waals surface area contributed by atoms with Crippen molar-refractivity contribution in [2.45, 2.75) is 19.8 Å². The Morgan fingerprint density at radius 2 is 1.96 bits per heavy atom. The average Bonchev–Trinajstić information content (AvgIpc) is 2.55. The summed E-state index contributed by atoms with van der Waals surface area (Å²) in [7, 11) is 1.80. The van der Waals surface area contributed by atoms with Crippen LogP contribution in [0.2, 0.25) is 10.0 Å². The van der Waals surface area contributed by atoms with Gasteiger partial charge in [0.15, 0.2) is 0 Å². The third kappa shape index (κ3) is 4.60.